The third-order valence-electron chi connectivity index (χ3n) is 10.4. The average molecular weight is 732 g/mol. The van der Waals surface area contributed by atoms with E-state index in [1.807, 2.05) is 54.6 Å². The van der Waals surface area contributed by atoms with E-state index in [0.717, 1.165) is 27.1 Å². The van der Waals surface area contributed by atoms with Gasteiger partial charge >= 0.3 is 12.1 Å². The van der Waals surface area contributed by atoms with Crippen LogP contribution in [0, 0.1) is 18.2 Å². The van der Waals surface area contributed by atoms with Gasteiger partial charge in [-0.25, -0.2) is 9.18 Å². The van der Waals surface area contributed by atoms with E-state index in [1.165, 1.54) is 6.07 Å². The van der Waals surface area contributed by atoms with Crippen molar-refractivity contribution in [3.8, 4) is 0 Å². The number of carbonyl (C=O) groups excluding carboxylic acids is 2. The smallest absolute Gasteiger partial charge is 0.411 e. The molecule has 1 aliphatic heterocycles. The van der Waals surface area contributed by atoms with E-state index < -0.39 is 32.0 Å². The monoisotopic (exact) mass is 731 g/mol. The van der Waals surface area contributed by atoms with E-state index in [2.05, 4.69) is 94.5 Å². The van der Waals surface area contributed by atoms with Crippen LogP contribution in [0.2, 0.25) is 5.04 Å². The first-order valence-electron chi connectivity index (χ1n) is 18.4. The number of rotatable bonds is 9. The van der Waals surface area contributed by atoms with Gasteiger partial charge in [0.1, 0.15) is 18.0 Å². The highest BCUT2D eigenvalue weighted by Gasteiger charge is 2.52. The molecule has 4 aromatic carbocycles. The largest absolute Gasteiger partial charge is 0.458 e. The highest BCUT2D eigenvalue weighted by atomic mass is 28.4. The van der Waals surface area contributed by atoms with E-state index >= 15 is 0 Å². The van der Waals surface area contributed by atoms with Crippen molar-refractivity contribution in [1.29, 1.82) is 0 Å². The number of halogens is 1. The van der Waals surface area contributed by atoms with Gasteiger partial charge in [0, 0.05) is 18.5 Å². The fraction of sp³-hybridized carbons (Fsp3) is 0.333. The maximum Gasteiger partial charge on any atom is 0.411 e. The molecule has 4 aromatic rings. The molecule has 0 aromatic heterocycles. The van der Waals surface area contributed by atoms with Crippen LogP contribution in [-0.2, 0) is 18.7 Å². The summed E-state index contributed by atoms with van der Waals surface area (Å²) in [5, 5.41) is 4.90. The number of allylic oxidation sites excluding steroid dienone is 2. The van der Waals surface area contributed by atoms with Gasteiger partial charge in [0.15, 0.2) is 0 Å². The number of benzene rings is 4. The summed E-state index contributed by atoms with van der Waals surface area (Å²) >= 11 is 0. The fourth-order valence-corrected chi connectivity index (χ4v) is 12.7. The van der Waals surface area contributed by atoms with Crippen LogP contribution < -0.4 is 15.7 Å². The maximum absolute atomic E-state index is 14.5. The Morgan fingerprint density at radius 3 is 2.08 bits per heavy atom. The van der Waals surface area contributed by atoms with Crippen LogP contribution in [-0.4, -0.2) is 38.7 Å². The van der Waals surface area contributed by atoms with Crippen LogP contribution in [0.5, 0.6) is 0 Å². The van der Waals surface area contributed by atoms with E-state index in [1.54, 1.807) is 13.0 Å². The quantitative estimate of drug-likeness (QED) is 0.137. The molecule has 276 valence electrons. The molecule has 0 unspecified atom stereocenters. The van der Waals surface area contributed by atoms with Crippen molar-refractivity contribution in [3.05, 3.63) is 144 Å². The number of carbonyl (C=O) groups is 2. The van der Waals surface area contributed by atoms with Gasteiger partial charge in [0.25, 0.3) is 8.32 Å². The van der Waals surface area contributed by atoms with Crippen molar-refractivity contribution in [3.63, 3.8) is 0 Å². The van der Waals surface area contributed by atoms with Gasteiger partial charge < -0.3 is 13.9 Å². The summed E-state index contributed by atoms with van der Waals surface area (Å²) in [6, 6.07) is 35.2. The minimum Gasteiger partial charge on any atom is -0.458 e. The zero-order valence-electron chi connectivity index (χ0n) is 31.5. The molecule has 1 N–H and O–H groups in total. The number of aryl methyl sites for hydroxylation is 1. The molecule has 1 fully saturated rings. The van der Waals surface area contributed by atoms with Crippen molar-refractivity contribution in [2.75, 3.05) is 5.32 Å². The van der Waals surface area contributed by atoms with Crippen LogP contribution >= 0.6 is 0 Å². The highest BCUT2D eigenvalue weighted by Crippen LogP contribution is 2.46. The normalized spacial score (nSPS) is 20.6. The molecule has 0 bridgehead atoms. The molecular weight excluding hydrogens is 682 g/mol. The molecule has 6 rings (SSSR count). The minimum absolute atomic E-state index is 0.174. The average Bonchev–Trinajstić information content (AvgIpc) is 3.11. The Bertz CT molecular complexity index is 1930. The van der Waals surface area contributed by atoms with Gasteiger partial charge in [-0.15, -0.1) is 0 Å². The number of hydrogen-bond acceptors (Lipinski definition) is 5. The third kappa shape index (κ3) is 8.55. The number of para-hydroxylation sites is 1. The molecule has 2 aliphatic rings. The number of esters is 1. The Morgan fingerprint density at radius 1 is 0.887 bits per heavy atom. The zero-order valence-corrected chi connectivity index (χ0v) is 32.5. The Labute approximate surface area is 314 Å². The lowest BCUT2D eigenvalue weighted by Crippen LogP contribution is -2.68. The minimum atomic E-state index is -2.90. The molecule has 1 heterocycles. The SMILES string of the molecule is Cc1cc(C2=C(/C=C/[C@@H]3C[C@@H](O[Si](c4ccccc4)(c4ccccc4)C(C)(C)C)CC(=O)O3)C(C)(C)C[C@H](OC(=O)Nc3ccccc3)C2)ccc1F. The lowest BCUT2D eigenvalue weighted by atomic mass is 9.69. The van der Waals surface area contributed by atoms with E-state index in [9.17, 15) is 14.0 Å². The van der Waals surface area contributed by atoms with Crippen molar-refractivity contribution in [2.24, 2.45) is 5.41 Å². The predicted octanol–water partition coefficient (Wildman–Crippen LogP) is 9.53. The Hall–Kier alpha value is -4.79. The van der Waals surface area contributed by atoms with Crippen LogP contribution in [0.15, 0.2) is 127 Å². The molecule has 1 aliphatic carbocycles. The molecule has 53 heavy (non-hydrogen) atoms. The van der Waals surface area contributed by atoms with E-state index in [-0.39, 0.29) is 29.3 Å². The first-order valence-corrected chi connectivity index (χ1v) is 20.4. The number of amides is 1. The Balaban J connectivity index is 1.31. The Kier molecular flexibility index (Phi) is 11.2. The van der Waals surface area contributed by atoms with Crippen LogP contribution in [0.25, 0.3) is 5.57 Å². The number of hydrogen-bond donors (Lipinski definition) is 1. The van der Waals surface area contributed by atoms with E-state index in [0.29, 0.717) is 30.5 Å². The van der Waals surface area contributed by atoms with Crippen molar-refractivity contribution < 1.29 is 27.9 Å². The number of ether oxygens (including phenoxy) is 2. The second kappa shape index (κ2) is 15.7. The van der Waals surface area contributed by atoms with Crippen molar-refractivity contribution in [2.45, 2.75) is 90.6 Å². The number of anilines is 1. The standard InChI is InChI=1S/C45H50FNO5Si/c1-31-26-32(22-25-41(31)46)39-28-36(51-43(49)47-33-16-10-7-11-17-33)30-45(5,6)40(39)24-23-34-27-35(29-42(48)50-34)52-53(44(2,3)4,37-18-12-8-13-19-37)38-20-14-9-15-21-38/h7-26,34-36H,27-30H2,1-6H3,(H,47,49)/b24-23+/t34-,35-,36-/m1/s1. The summed E-state index contributed by atoms with van der Waals surface area (Å²) in [6.45, 7) is 12.7. The van der Waals surface area contributed by atoms with Gasteiger partial charge in [-0.2, -0.15) is 0 Å². The first-order chi connectivity index (χ1) is 25.2. The van der Waals surface area contributed by atoms with Gasteiger partial charge in [-0.1, -0.05) is 126 Å². The lowest BCUT2D eigenvalue weighted by molar-refractivity contribution is -0.155. The molecule has 1 amide bonds. The van der Waals surface area contributed by atoms with Crippen molar-refractivity contribution in [1.82, 2.24) is 0 Å². The summed E-state index contributed by atoms with van der Waals surface area (Å²) in [7, 11) is -2.90. The molecule has 0 spiro atoms. The topological polar surface area (TPSA) is 73.9 Å². The lowest BCUT2D eigenvalue weighted by Gasteiger charge is -2.46. The second-order valence-electron chi connectivity index (χ2n) is 15.9. The summed E-state index contributed by atoms with van der Waals surface area (Å²) in [5.41, 5.74) is 3.60. The molecule has 0 saturated carbocycles. The maximum atomic E-state index is 14.5. The number of nitrogens with one attached hydrogen (secondary N) is 1. The van der Waals surface area contributed by atoms with Crippen molar-refractivity contribution >= 4 is 42.0 Å². The molecule has 0 radical (unpaired) electrons. The third-order valence-corrected chi connectivity index (χ3v) is 15.5. The molecule has 6 nitrogen and oxygen atoms in total. The number of cyclic esters (lactones) is 1. The summed E-state index contributed by atoms with van der Waals surface area (Å²) in [5.74, 6) is -0.574. The molecule has 1 saturated heterocycles. The van der Waals surface area contributed by atoms with Gasteiger partial charge in [0.05, 0.1) is 12.5 Å². The molecule has 8 heteroatoms. The second-order valence-corrected chi connectivity index (χ2v) is 20.1. The summed E-state index contributed by atoms with van der Waals surface area (Å²) in [6.07, 6.45) is 3.92. The Morgan fingerprint density at radius 2 is 1.49 bits per heavy atom. The highest BCUT2D eigenvalue weighted by molar-refractivity contribution is 6.99. The summed E-state index contributed by atoms with van der Waals surface area (Å²) in [4.78, 5) is 26.3. The van der Waals surface area contributed by atoms with Gasteiger partial charge in [0.2, 0.25) is 0 Å². The fourth-order valence-electron chi connectivity index (χ4n) is 7.98. The predicted molar refractivity (Wildman–Crippen MR) is 212 cm³/mol. The zero-order chi connectivity index (χ0) is 37.8. The van der Waals surface area contributed by atoms with Crippen LogP contribution in [0.4, 0.5) is 14.9 Å². The van der Waals surface area contributed by atoms with Gasteiger partial charge in [-0.05, 0) is 86.8 Å². The van der Waals surface area contributed by atoms with E-state index in [4.69, 9.17) is 13.9 Å². The summed E-state index contributed by atoms with van der Waals surface area (Å²) < 4.78 is 33.8. The molecular formula is C45H50FNO5Si. The van der Waals surface area contributed by atoms with Crippen LogP contribution in [0.3, 0.4) is 0 Å². The molecule has 3 atom stereocenters. The first kappa shape index (κ1) is 37.9. The van der Waals surface area contributed by atoms with Gasteiger partial charge in [-0.3, -0.25) is 10.1 Å². The van der Waals surface area contributed by atoms with Crippen LogP contribution in [0.1, 0.15) is 71.4 Å².